The van der Waals surface area contributed by atoms with E-state index in [0.29, 0.717) is 18.4 Å². The van der Waals surface area contributed by atoms with E-state index in [-0.39, 0.29) is 40.5 Å². The maximum absolute atomic E-state index is 13.6. The molecule has 1 saturated heterocycles. The summed E-state index contributed by atoms with van der Waals surface area (Å²) in [5.74, 6) is -1.43. The number of benzene rings is 2. The zero-order valence-electron chi connectivity index (χ0n) is 19.5. The highest BCUT2D eigenvalue weighted by Gasteiger charge is 2.51. The van der Waals surface area contributed by atoms with Crippen LogP contribution in [0, 0.1) is 5.82 Å². The second-order valence-corrected chi connectivity index (χ2v) is 9.94. The van der Waals surface area contributed by atoms with Crippen molar-refractivity contribution in [1.29, 1.82) is 0 Å². The summed E-state index contributed by atoms with van der Waals surface area (Å²) in [6, 6.07) is 11.0. The molecule has 34 heavy (non-hydrogen) atoms. The first-order valence-electron chi connectivity index (χ1n) is 11.6. The monoisotopic (exact) mass is 485 g/mol. The number of nitrogens with one attached hydrogen (secondary N) is 2. The normalized spacial score (nSPS) is 21.6. The van der Waals surface area contributed by atoms with Gasteiger partial charge in [0.15, 0.2) is 0 Å². The lowest BCUT2D eigenvalue weighted by atomic mass is 10.0. The third-order valence-corrected chi connectivity index (χ3v) is 7.07. The smallest absolute Gasteiger partial charge is 0.254 e. The lowest BCUT2D eigenvalue weighted by molar-refractivity contribution is -0.124. The van der Waals surface area contributed by atoms with E-state index in [1.165, 1.54) is 6.07 Å². The van der Waals surface area contributed by atoms with Crippen LogP contribution in [0.4, 0.5) is 4.39 Å². The maximum Gasteiger partial charge on any atom is 0.254 e. The van der Waals surface area contributed by atoms with Gasteiger partial charge in [-0.2, -0.15) is 0 Å². The highest BCUT2D eigenvalue weighted by molar-refractivity contribution is 6.31. The van der Waals surface area contributed by atoms with Crippen LogP contribution in [0.1, 0.15) is 78.8 Å². The number of halogens is 2. The van der Waals surface area contributed by atoms with Gasteiger partial charge in [0.25, 0.3) is 11.8 Å². The van der Waals surface area contributed by atoms with Gasteiger partial charge in [0.1, 0.15) is 11.4 Å². The zero-order chi connectivity index (χ0) is 24.6. The Morgan fingerprint density at radius 2 is 1.65 bits per heavy atom. The quantitative estimate of drug-likeness (QED) is 0.626. The average molecular weight is 486 g/mol. The number of likely N-dealkylation sites (tertiary alicyclic amines) is 1. The highest BCUT2D eigenvalue weighted by atomic mass is 35.5. The molecule has 0 bridgehead atoms. The largest absolute Gasteiger partial charge is 0.348 e. The molecule has 2 unspecified atom stereocenters. The van der Waals surface area contributed by atoms with Crippen molar-refractivity contribution < 1.29 is 18.8 Å². The lowest BCUT2D eigenvalue weighted by Crippen LogP contribution is -2.49. The van der Waals surface area contributed by atoms with Crippen molar-refractivity contribution in [2.75, 3.05) is 0 Å². The maximum atomic E-state index is 13.6. The number of nitrogens with zero attached hydrogens (tertiary/aromatic N) is 1. The number of hydrogen-bond donors (Lipinski definition) is 2. The van der Waals surface area contributed by atoms with Gasteiger partial charge < -0.3 is 15.5 Å². The number of amides is 3. The Kier molecular flexibility index (Phi) is 6.67. The molecule has 0 spiro atoms. The predicted molar refractivity (Wildman–Crippen MR) is 128 cm³/mol. The molecule has 4 rings (SSSR count). The van der Waals surface area contributed by atoms with Crippen LogP contribution in [0.2, 0.25) is 5.02 Å². The standard InChI is InChI=1S/C26H29ClFN3O3/c1-15-4-5-16(2)31(15)24(33)19-8-6-18(7-9-19)17(3)29-25(34)26(10-11-26)30-23(32)20-12-21(27)14-22(28)13-20/h6-9,12-17H,4-5,10-11H2,1-3H3,(H,29,34)(H,30,32)/t15?,16?,17-/m1/s1. The van der Waals surface area contributed by atoms with E-state index >= 15 is 0 Å². The Morgan fingerprint density at radius 1 is 1.03 bits per heavy atom. The van der Waals surface area contributed by atoms with Gasteiger partial charge in [0.05, 0.1) is 6.04 Å². The van der Waals surface area contributed by atoms with Crippen molar-refractivity contribution in [3.05, 3.63) is 70.0 Å². The molecule has 1 saturated carbocycles. The second-order valence-electron chi connectivity index (χ2n) is 9.50. The fraction of sp³-hybridized carbons (Fsp3) is 0.423. The van der Waals surface area contributed by atoms with Crippen LogP contribution in [-0.2, 0) is 4.79 Å². The summed E-state index contributed by atoms with van der Waals surface area (Å²) in [7, 11) is 0. The first-order chi connectivity index (χ1) is 16.1. The van der Waals surface area contributed by atoms with Crippen molar-refractivity contribution in [3.63, 3.8) is 0 Å². The minimum Gasteiger partial charge on any atom is -0.348 e. The number of carbonyl (C=O) groups excluding carboxylic acids is 3. The molecule has 6 nitrogen and oxygen atoms in total. The number of hydrogen-bond acceptors (Lipinski definition) is 3. The Hall–Kier alpha value is -2.93. The van der Waals surface area contributed by atoms with Crippen LogP contribution >= 0.6 is 11.6 Å². The molecule has 3 amide bonds. The van der Waals surface area contributed by atoms with E-state index in [1.807, 2.05) is 24.0 Å². The molecule has 3 atom stereocenters. The predicted octanol–water partition coefficient (Wildman–Crippen LogP) is 4.63. The van der Waals surface area contributed by atoms with Gasteiger partial charge in [-0.3, -0.25) is 14.4 Å². The molecule has 2 aromatic rings. The minimum atomic E-state index is -1.01. The van der Waals surface area contributed by atoms with Gasteiger partial charge in [0.2, 0.25) is 5.91 Å². The minimum absolute atomic E-state index is 0.0258. The summed E-state index contributed by atoms with van der Waals surface area (Å²) in [5, 5.41) is 5.79. The van der Waals surface area contributed by atoms with E-state index in [2.05, 4.69) is 24.5 Å². The first kappa shape index (κ1) is 24.2. The molecule has 1 heterocycles. The van der Waals surface area contributed by atoms with E-state index in [9.17, 15) is 18.8 Å². The van der Waals surface area contributed by atoms with Crippen molar-refractivity contribution in [2.45, 2.75) is 70.1 Å². The Bertz CT molecular complexity index is 1090. The van der Waals surface area contributed by atoms with Gasteiger partial charge in [-0.25, -0.2) is 4.39 Å². The third-order valence-electron chi connectivity index (χ3n) is 6.85. The summed E-state index contributed by atoms with van der Waals surface area (Å²) >= 11 is 5.84. The molecular weight excluding hydrogens is 457 g/mol. The van der Waals surface area contributed by atoms with Crippen LogP contribution in [0.15, 0.2) is 42.5 Å². The zero-order valence-corrected chi connectivity index (χ0v) is 20.3. The van der Waals surface area contributed by atoms with Gasteiger partial charge in [-0.15, -0.1) is 0 Å². The molecular formula is C26H29ClFN3O3. The molecule has 0 radical (unpaired) electrons. The first-order valence-corrected chi connectivity index (χ1v) is 12.0. The van der Waals surface area contributed by atoms with Crippen LogP contribution in [0.3, 0.4) is 0 Å². The van der Waals surface area contributed by atoms with Gasteiger partial charge in [-0.1, -0.05) is 23.7 Å². The van der Waals surface area contributed by atoms with Crippen molar-refractivity contribution in [2.24, 2.45) is 0 Å². The molecule has 2 fully saturated rings. The van der Waals surface area contributed by atoms with E-state index in [0.717, 1.165) is 30.5 Å². The molecule has 2 N–H and O–H groups in total. The van der Waals surface area contributed by atoms with Crippen LogP contribution < -0.4 is 10.6 Å². The molecule has 2 aromatic carbocycles. The molecule has 8 heteroatoms. The van der Waals surface area contributed by atoms with Crippen molar-refractivity contribution >= 4 is 29.3 Å². The van der Waals surface area contributed by atoms with E-state index in [4.69, 9.17) is 11.6 Å². The molecule has 0 aromatic heterocycles. The summed E-state index contributed by atoms with van der Waals surface area (Å²) in [6.45, 7) is 6.00. The SMILES string of the molecule is CC1CCC(C)N1C(=O)c1ccc([C@@H](C)NC(=O)C2(NC(=O)c3cc(F)cc(Cl)c3)CC2)cc1. The summed E-state index contributed by atoms with van der Waals surface area (Å²) in [5.41, 5.74) is 0.537. The Morgan fingerprint density at radius 3 is 2.21 bits per heavy atom. The van der Waals surface area contributed by atoms with Gasteiger partial charge in [0, 0.05) is 28.2 Å². The average Bonchev–Trinajstić information content (AvgIpc) is 3.50. The van der Waals surface area contributed by atoms with Crippen LogP contribution in [-0.4, -0.2) is 40.2 Å². The fourth-order valence-corrected chi connectivity index (χ4v) is 4.81. The van der Waals surface area contributed by atoms with Crippen LogP contribution in [0.5, 0.6) is 0 Å². The van der Waals surface area contributed by atoms with Gasteiger partial charge in [-0.05, 0) is 82.3 Å². The van der Waals surface area contributed by atoms with Gasteiger partial charge >= 0.3 is 0 Å². The molecule has 180 valence electrons. The van der Waals surface area contributed by atoms with Crippen molar-refractivity contribution in [3.8, 4) is 0 Å². The number of carbonyl (C=O) groups is 3. The van der Waals surface area contributed by atoms with Crippen LogP contribution in [0.25, 0.3) is 0 Å². The molecule has 2 aliphatic rings. The van der Waals surface area contributed by atoms with E-state index in [1.54, 1.807) is 12.1 Å². The summed E-state index contributed by atoms with van der Waals surface area (Å²) in [4.78, 5) is 40.4. The molecule has 1 aliphatic carbocycles. The highest BCUT2D eigenvalue weighted by Crippen LogP contribution is 2.37. The fourth-order valence-electron chi connectivity index (χ4n) is 4.59. The summed E-state index contributed by atoms with van der Waals surface area (Å²) in [6.07, 6.45) is 3.02. The Balaban J connectivity index is 1.38. The van der Waals surface area contributed by atoms with Crippen molar-refractivity contribution in [1.82, 2.24) is 15.5 Å². The summed E-state index contributed by atoms with van der Waals surface area (Å²) < 4.78 is 13.6. The second kappa shape index (κ2) is 9.37. The molecule has 1 aliphatic heterocycles. The third kappa shape index (κ3) is 4.94. The van der Waals surface area contributed by atoms with E-state index < -0.39 is 17.3 Å². The topological polar surface area (TPSA) is 78.5 Å². The Labute approximate surface area is 203 Å². The lowest BCUT2D eigenvalue weighted by Gasteiger charge is -2.26. The number of rotatable bonds is 6.